The lowest BCUT2D eigenvalue weighted by molar-refractivity contribution is -0.137. The maximum atomic E-state index is 12.2. The summed E-state index contributed by atoms with van der Waals surface area (Å²) < 4.78 is 67.5. The molecule has 59 heavy (non-hydrogen) atoms. The van der Waals surface area contributed by atoms with Gasteiger partial charge < -0.3 is 37.9 Å². The van der Waals surface area contributed by atoms with Crippen molar-refractivity contribution in [3.05, 3.63) is 94.7 Å². The molecule has 1 aliphatic carbocycles. The third-order valence-electron chi connectivity index (χ3n) is 10.6. The van der Waals surface area contributed by atoms with E-state index in [4.69, 9.17) is 23.4 Å². The number of carbonyl (C=O) groups is 1. The molecule has 1 aromatic rings. The number of hydrogen-bond donors (Lipinski definition) is 1. The largest absolute Gasteiger partial charge is 0.744 e. The molecule has 1 N–H and O–H groups in total. The van der Waals surface area contributed by atoms with Crippen molar-refractivity contribution < 1.29 is 46.2 Å². The predicted octanol–water partition coefficient (Wildman–Crippen LogP) is 7.36. The fourth-order valence-electron chi connectivity index (χ4n) is 7.42. The van der Waals surface area contributed by atoms with Crippen LogP contribution in [0.3, 0.4) is 0 Å². The number of allylic oxidation sites excluding steroid dienone is 5. The highest BCUT2D eigenvalue weighted by Gasteiger charge is 2.43. The van der Waals surface area contributed by atoms with Crippen molar-refractivity contribution in [3.8, 4) is 11.3 Å². The minimum Gasteiger partial charge on any atom is -0.744 e. The van der Waals surface area contributed by atoms with E-state index >= 15 is 0 Å². The average Bonchev–Trinajstić information content (AvgIpc) is 3.41. The van der Waals surface area contributed by atoms with Crippen molar-refractivity contribution in [2.45, 2.75) is 89.4 Å². The van der Waals surface area contributed by atoms with Crippen molar-refractivity contribution >= 4 is 27.9 Å². The van der Waals surface area contributed by atoms with Crippen molar-refractivity contribution in [2.75, 3.05) is 77.9 Å². The van der Waals surface area contributed by atoms with E-state index in [1.807, 2.05) is 37.3 Å². The Labute approximate surface area is 350 Å². The Morgan fingerprint density at radius 1 is 0.898 bits per heavy atom. The second kappa shape index (κ2) is 22.5. The Morgan fingerprint density at radius 3 is 2.20 bits per heavy atom. The molecule has 0 spiro atoms. The zero-order chi connectivity index (χ0) is 43.1. The van der Waals surface area contributed by atoms with Gasteiger partial charge >= 0.3 is 5.97 Å². The van der Waals surface area contributed by atoms with E-state index in [2.05, 4.69) is 68.4 Å². The van der Waals surface area contributed by atoms with Crippen LogP contribution in [0.15, 0.2) is 81.8 Å². The van der Waals surface area contributed by atoms with Gasteiger partial charge in [-0.05, 0) is 99.1 Å². The summed E-state index contributed by atoms with van der Waals surface area (Å²) in [6.45, 7) is 18.3. The minimum absolute atomic E-state index is 0.0938. The normalized spacial score (nSPS) is 16.6. The highest BCUT2D eigenvalue weighted by atomic mass is 32.2. The maximum Gasteiger partial charge on any atom is 0.303 e. The first-order valence-corrected chi connectivity index (χ1v) is 22.1. The second-order valence-corrected chi connectivity index (χ2v) is 17.2. The summed E-state index contributed by atoms with van der Waals surface area (Å²) in [5, 5.41) is 10.3. The van der Waals surface area contributed by atoms with Crippen LogP contribution in [0, 0.1) is 0 Å². The van der Waals surface area contributed by atoms with Gasteiger partial charge in [0.05, 0.1) is 50.6 Å². The summed E-state index contributed by atoms with van der Waals surface area (Å²) >= 11 is 0. The van der Waals surface area contributed by atoms with Gasteiger partial charge in [0, 0.05) is 55.1 Å². The number of benzene rings is 2. The summed E-state index contributed by atoms with van der Waals surface area (Å²) in [4.78, 5) is 13.0. The number of rotatable bonds is 24. The molecule has 13 heteroatoms. The van der Waals surface area contributed by atoms with Crippen LogP contribution in [0.1, 0.15) is 90.5 Å². The number of fused-ring (bicyclic) bond motifs is 2. The van der Waals surface area contributed by atoms with E-state index in [-0.39, 0.29) is 16.7 Å². The van der Waals surface area contributed by atoms with Gasteiger partial charge in [0.2, 0.25) is 5.36 Å². The number of carboxylic acids is 1. The minimum atomic E-state index is -4.72. The van der Waals surface area contributed by atoms with Gasteiger partial charge in [-0.3, -0.25) is 4.79 Å². The van der Waals surface area contributed by atoms with E-state index < -0.39 is 21.5 Å². The van der Waals surface area contributed by atoms with E-state index in [0.717, 1.165) is 52.5 Å². The van der Waals surface area contributed by atoms with E-state index in [9.17, 15) is 22.9 Å². The van der Waals surface area contributed by atoms with Crippen LogP contribution in [0.5, 0.6) is 0 Å². The summed E-state index contributed by atoms with van der Waals surface area (Å²) in [5.41, 5.74) is 3.87. The highest BCUT2D eigenvalue weighted by Crippen LogP contribution is 2.51. The molecule has 2 heterocycles. The molecular formula is C46H64N2O10S. The van der Waals surface area contributed by atoms with Crippen molar-refractivity contribution in [1.82, 2.24) is 4.58 Å². The Morgan fingerprint density at radius 2 is 1.58 bits per heavy atom. The molecule has 0 saturated carbocycles. The number of unbranched alkanes of at least 4 members (excludes halogenated alkanes) is 2. The van der Waals surface area contributed by atoms with Crippen LogP contribution in [0.4, 0.5) is 5.69 Å². The number of nitrogens with zero attached hydrogens (tertiary/aromatic N) is 2. The van der Waals surface area contributed by atoms with Gasteiger partial charge in [0.1, 0.15) is 34.7 Å². The van der Waals surface area contributed by atoms with Gasteiger partial charge in [-0.25, -0.2) is 13.0 Å². The number of anilines is 1. The topological polar surface area (TPSA) is 151 Å². The fraction of sp³-hybridized carbons (Fsp3) is 0.522. The molecule has 12 nitrogen and oxygen atoms in total. The van der Waals surface area contributed by atoms with Gasteiger partial charge in [0.15, 0.2) is 0 Å². The van der Waals surface area contributed by atoms with Crippen LogP contribution in [0.25, 0.3) is 17.4 Å². The Kier molecular flexibility index (Phi) is 18.1. The molecule has 0 bridgehead atoms. The maximum absolute atomic E-state index is 12.2. The molecule has 1 aromatic carbocycles. The number of hydrogen-bond acceptors (Lipinski definition) is 10. The first-order chi connectivity index (χ1) is 28.1. The molecular weight excluding hydrogens is 773 g/mol. The van der Waals surface area contributed by atoms with Gasteiger partial charge in [0.25, 0.3) is 0 Å². The molecule has 0 fully saturated rings. The van der Waals surface area contributed by atoms with Crippen LogP contribution in [-0.2, 0) is 44.7 Å². The second-order valence-electron chi connectivity index (χ2n) is 15.9. The standard InChI is InChI=1S/C46H64N2O10S/c1-8-47(9-2)35-19-21-38-39(45(3,4)5)33-36(58-42(38)32-35)16-12-10-13-17-43-46(6,23-25-55-28-29-57-31-30-56-27-26-54-7)40-34-37(59(51,52)53)20-22-41(40)48(43)24-15-11-14-18-44(49)50/h10,12-13,16-17,19-22,32-34H,8-9,11,14-15,18,23-31H2,1-7H3,(H-,49,50,51,52,53). The van der Waals surface area contributed by atoms with Gasteiger partial charge in [-0.15, -0.1) is 0 Å². The van der Waals surface area contributed by atoms with Gasteiger partial charge in [-0.1, -0.05) is 45.4 Å². The zero-order valence-corrected chi connectivity index (χ0v) is 36.8. The lowest BCUT2D eigenvalue weighted by atomic mass is 9.78. The number of methoxy groups -OCH3 is 1. The molecule has 1 unspecified atom stereocenters. The Hall–Kier alpha value is -4.11. The SMILES string of the molecule is CC[N+](CC)=c1ccc2c(C(C)(C)C)cc(/C=C/C=C/C=C3/N(CCCCCC(=O)O)c4ccc(S(=O)(=O)[O-])cc4C3(C)CCOCCOCCOCCOC)oc-2c1. The van der Waals surface area contributed by atoms with Crippen LogP contribution in [-0.4, -0.2) is 97.0 Å². The predicted molar refractivity (Wildman–Crippen MR) is 231 cm³/mol. The van der Waals surface area contributed by atoms with Gasteiger partial charge in [-0.2, -0.15) is 0 Å². The summed E-state index contributed by atoms with van der Waals surface area (Å²) in [6, 6.07) is 13.1. The lowest BCUT2D eigenvalue weighted by Crippen LogP contribution is -2.30. The molecule has 3 aliphatic rings. The number of aliphatic carboxylic acids is 1. The first-order valence-electron chi connectivity index (χ1n) is 20.7. The third-order valence-corrected chi connectivity index (χ3v) is 11.5. The van der Waals surface area contributed by atoms with Crippen LogP contribution in [0.2, 0.25) is 0 Å². The average molecular weight is 837 g/mol. The summed E-state index contributed by atoms with van der Waals surface area (Å²) in [5.74, 6) is 0.723. The van der Waals surface area contributed by atoms with Crippen molar-refractivity contribution in [1.29, 1.82) is 0 Å². The van der Waals surface area contributed by atoms with E-state index in [1.165, 1.54) is 17.7 Å². The zero-order valence-electron chi connectivity index (χ0n) is 36.0. The van der Waals surface area contributed by atoms with Crippen LogP contribution < -0.4 is 14.8 Å². The summed E-state index contributed by atoms with van der Waals surface area (Å²) in [6.07, 6.45) is 12.3. The number of carboxylic acid groups (broad SMARTS) is 1. The Balaban J connectivity index is 1.64. The van der Waals surface area contributed by atoms with Crippen molar-refractivity contribution in [3.63, 3.8) is 0 Å². The molecule has 0 saturated heterocycles. The number of ether oxygens (including phenoxy) is 4. The Bertz CT molecular complexity index is 2070. The molecule has 0 aromatic heterocycles. The van der Waals surface area contributed by atoms with E-state index in [0.29, 0.717) is 78.5 Å². The third kappa shape index (κ3) is 13.4. The summed E-state index contributed by atoms with van der Waals surface area (Å²) in [7, 11) is -3.10. The van der Waals surface area contributed by atoms with Crippen molar-refractivity contribution in [2.24, 2.45) is 0 Å². The van der Waals surface area contributed by atoms with E-state index in [1.54, 1.807) is 13.2 Å². The highest BCUT2D eigenvalue weighted by molar-refractivity contribution is 7.85. The molecule has 2 aliphatic heterocycles. The molecule has 0 radical (unpaired) electrons. The molecule has 1 atom stereocenters. The fourth-order valence-corrected chi connectivity index (χ4v) is 7.92. The monoisotopic (exact) mass is 836 g/mol. The first kappa shape index (κ1) is 47.6. The molecule has 0 amide bonds. The smallest absolute Gasteiger partial charge is 0.303 e. The molecule has 324 valence electrons. The molecule has 4 rings (SSSR count). The lowest BCUT2D eigenvalue weighted by Gasteiger charge is -2.30. The quantitative estimate of drug-likeness (QED) is 0.0417. The van der Waals surface area contributed by atoms with Crippen LogP contribution >= 0.6 is 0 Å².